The van der Waals surface area contributed by atoms with E-state index in [1.807, 2.05) is 0 Å². The van der Waals surface area contributed by atoms with Crippen LogP contribution in [0.15, 0.2) is 0 Å². The molecule has 0 spiro atoms. The average molecular weight is 1380 g/mol. The molecule has 0 aliphatic heterocycles. The largest absolute Gasteiger partial charge is 0.472 e. The monoisotopic (exact) mass is 1380 g/mol. The van der Waals surface area contributed by atoms with Gasteiger partial charge in [-0.15, -0.1) is 0 Å². The van der Waals surface area contributed by atoms with E-state index in [0.717, 1.165) is 102 Å². The first-order valence-corrected chi connectivity index (χ1v) is 42.2. The minimum atomic E-state index is -4.96. The SMILES string of the molecule is CCCCCCCCCCCCCCCCCCCCC(=O)O[C@H](COC(=O)CCCCCCCCCCCCCCCCC)COP(=O)(O)OC[C@@H](O)COP(=O)(O)OC[C@@H](COC(=O)CCCCCCCCC(C)CC)OC(=O)CCCCCCCCCCCCC. The van der Waals surface area contributed by atoms with E-state index in [2.05, 4.69) is 34.6 Å². The number of rotatable bonds is 75. The van der Waals surface area contributed by atoms with Crippen LogP contribution < -0.4 is 0 Å². The van der Waals surface area contributed by atoms with E-state index in [1.54, 1.807) is 0 Å². The third-order valence-electron chi connectivity index (χ3n) is 17.9. The van der Waals surface area contributed by atoms with E-state index in [0.29, 0.717) is 25.7 Å². The molecule has 0 aromatic heterocycles. The molecule has 558 valence electrons. The number of hydrogen-bond donors (Lipinski definition) is 3. The molecule has 0 fully saturated rings. The van der Waals surface area contributed by atoms with Crippen LogP contribution in [-0.4, -0.2) is 96.7 Å². The van der Waals surface area contributed by atoms with Crippen molar-refractivity contribution in [2.45, 2.75) is 412 Å². The van der Waals surface area contributed by atoms with Gasteiger partial charge in [0.2, 0.25) is 0 Å². The summed E-state index contributed by atoms with van der Waals surface area (Å²) in [6.07, 6.45) is 56.8. The van der Waals surface area contributed by atoms with Crippen LogP contribution in [0.2, 0.25) is 0 Å². The van der Waals surface area contributed by atoms with Gasteiger partial charge in [-0.1, -0.05) is 343 Å². The Morgan fingerprint density at radius 3 is 0.755 bits per heavy atom. The Kier molecular flexibility index (Phi) is 66.8. The first-order valence-electron chi connectivity index (χ1n) is 39.2. The lowest BCUT2D eigenvalue weighted by Gasteiger charge is -2.21. The molecule has 0 heterocycles. The fourth-order valence-electron chi connectivity index (χ4n) is 11.5. The number of hydrogen-bond acceptors (Lipinski definition) is 15. The van der Waals surface area contributed by atoms with Crippen LogP contribution in [0, 0.1) is 5.92 Å². The van der Waals surface area contributed by atoms with Crippen LogP contribution in [0.1, 0.15) is 394 Å². The summed E-state index contributed by atoms with van der Waals surface area (Å²) in [7, 11) is -9.91. The van der Waals surface area contributed by atoms with Crippen LogP contribution >= 0.6 is 15.6 Å². The second-order valence-corrected chi connectivity index (χ2v) is 30.2. The lowest BCUT2D eigenvalue weighted by Crippen LogP contribution is -2.30. The second kappa shape index (κ2) is 68.2. The van der Waals surface area contributed by atoms with Gasteiger partial charge in [0.25, 0.3) is 0 Å². The summed E-state index contributed by atoms with van der Waals surface area (Å²) in [5, 5.41) is 10.6. The molecule has 0 aromatic rings. The Morgan fingerprint density at radius 1 is 0.298 bits per heavy atom. The standard InChI is InChI=1S/C75H146O17P2/c1-6-10-13-16-19-22-25-27-29-30-31-33-35-38-41-44-51-56-61-75(80)91-70(64-85-72(77)58-53-48-42-39-37-34-32-28-26-23-20-17-14-11-7-2)66-89-93(81,82)87-62-69(76)63-88-94(83,84)90-67-71(65-86-73(78)59-54-49-46-45-47-52-57-68(5)9-4)92-74(79)60-55-50-43-40-36-24-21-18-15-12-8-3/h68-71,76H,6-67H2,1-5H3,(H,81,82)(H,83,84)/t68?,69-,70-,71-/m1/s1. The van der Waals surface area contributed by atoms with Crippen molar-refractivity contribution < 1.29 is 80.2 Å². The minimum absolute atomic E-state index is 0.106. The highest BCUT2D eigenvalue weighted by Gasteiger charge is 2.30. The summed E-state index contributed by atoms with van der Waals surface area (Å²) in [4.78, 5) is 72.7. The maximum atomic E-state index is 13.1. The first-order chi connectivity index (χ1) is 45.6. The fraction of sp³-hybridized carbons (Fsp3) is 0.947. The molecule has 3 N–H and O–H groups in total. The summed E-state index contributed by atoms with van der Waals surface area (Å²) in [6.45, 7) is 7.25. The average Bonchev–Trinajstić information content (AvgIpc) is 1.40. The van der Waals surface area contributed by atoms with Gasteiger partial charge < -0.3 is 33.8 Å². The van der Waals surface area contributed by atoms with Crippen LogP contribution in [0.3, 0.4) is 0 Å². The van der Waals surface area contributed by atoms with E-state index < -0.39 is 97.5 Å². The highest BCUT2D eigenvalue weighted by atomic mass is 31.2. The molecular formula is C75H146O17P2. The van der Waals surface area contributed by atoms with Gasteiger partial charge in [-0.2, -0.15) is 0 Å². The number of aliphatic hydroxyl groups is 1. The van der Waals surface area contributed by atoms with Crippen LogP contribution in [0.25, 0.3) is 0 Å². The van der Waals surface area contributed by atoms with Gasteiger partial charge in [0.1, 0.15) is 19.3 Å². The number of phosphoric ester groups is 2. The summed E-state index contributed by atoms with van der Waals surface area (Å²) in [5.74, 6) is -1.38. The lowest BCUT2D eigenvalue weighted by molar-refractivity contribution is -0.161. The van der Waals surface area contributed by atoms with Crippen molar-refractivity contribution in [3.8, 4) is 0 Å². The first kappa shape index (κ1) is 92.1. The van der Waals surface area contributed by atoms with Gasteiger partial charge in [-0.25, -0.2) is 9.13 Å². The fourth-order valence-corrected chi connectivity index (χ4v) is 13.1. The number of unbranched alkanes of at least 4 members (excludes halogenated alkanes) is 46. The quantitative estimate of drug-likeness (QED) is 0.0222. The van der Waals surface area contributed by atoms with Crippen LogP contribution in [-0.2, 0) is 65.4 Å². The van der Waals surface area contributed by atoms with Gasteiger partial charge in [-0.3, -0.25) is 37.3 Å². The van der Waals surface area contributed by atoms with Gasteiger partial charge in [-0.05, 0) is 31.6 Å². The molecule has 0 saturated heterocycles. The van der Waals surface area contributed by atoms with Crippen molar-refractivity contribution in [2.24, 2.45) is 5.92 Å². The van der Waals surface area contributed by atoms with Crippen molar-refractivity contribution in [2.75, 3.05) is 39.6 Å². The molecule has 0 saturated carbocycles. The number of aliphatic hydroxyl groups excluding tert-OH is 1. The van der Waals surface area contributed by atoms with E-state index >= 15 is 0 Å². The van der Waals surface area contributed by atoms with Crippen molar-refractivity contribution in [3.05, 3.63) is 0 Å². The molecule has 6 atom stereocenters. The Labute approximate surface area is 575 Å². The third-order valence-corrected chi connectivity index (χ3v) is 19.8. The summed E-state index contributed by atoms with van der Waals surface area (Å²) in [6, 6.07) is 0. The van der Waals surface area contributed by atoms with Crippen LogP contribution in [0.5, 0.6) is 0 Å². The van der Waals surface area contributed by atoms with Gasteiger partial charge in [0.05, 0.1) is 26.4 Å². The summed E-state index contributed by atoms with van der Waals surface area (Å²) in [5.41, 5.74) is 0. The molecule has 0 aliphatic carbocycles. The Balaban J connectivity index is 5.23. The molecule has 17 nitrogen and oxygen atoms in total. The Hall–Kier alpha value is -1.94. The molecule has 19 heteroatoms. The predicted octanol–water partition coefficient (Wildman–Crippen LogP) is 22.1. The van der Waals surface area contributed by atoms with Crippen molar-refractivity contribution in [1.82, 2.24) is 0 Å². The third kappa shape index (κ3) is 67.3. The van der Waals surface area contributed by atoms with Crippen LogP contribution in [0.4, 0.5) is 0 Å². The van der Waals surface area contributed by atoms with Crippen molar-refractivity contribution in [3.63, 3.8) is 0 Å². The minimum Gasteiger partial charge on any atom is -0.462 e. The Bertz CT molecular complexity index is 1810. The predicted molar refractivity (Wildman–Crippen MR) is 382 cm³/mol. The molecular weight excluding hydrogens is 1230 g/mol. The number of esters is 4. The molecule has 94 heavy (non-hydrogen) atoms. The van der Waals surface area contributed by atoms with Gasteiger partial charge in [0.15, 0.2) is 12.2 Å². The maximum Gasteiger partial charge on any atom is 0.472 e. The normalized spacial score (nSPS) is 14.3. The molecule has 0 radical (unpaired) electrons. The zero-order valence-electron chi connectivity index (χ0n) is 61.1. The summed E-state index contributed by atoms with van der Waals surface area (Å²) < 4.78 is 68.5. The second-order valence-electron chi connectivity index (χ2n) is 27.3. The van der Waals surface area contributed by atoms with E-state index in [-0.39, 0.29) is 25.7 Å². The highest BCUT2D eigenvalue weighted by Crippen LogP contribution is 2.45. The highest BCUT2D eigenvalue weighted by molar-refractivity contribution is 7.47. The van der Waals surface area contributed by atoms with Gasteiger partial charge >= 0.3 is 39.5 Å². The molecule has 0 aromatic carbocycles. The molecule has 0 bridgehead atoms. The van der Waals surface area contributed by atoms with E-state index in [1.165, 1.54) is 212 Å². The number of ether oxygens (including phenoxy) is 4. The van der Waals surface area contributed by atoms with Gasteiger partial charge in [0, 0.05) is 25.7 Å². The Morgan fingerprint density at radius 2 is 0.511 bits per heavy atom. The van der Waals surface area contributed by atoms with E-state index in [4.69, 9.17) is 37.0 Å². The number of carbonyl (C=O) groups excluding carboxylic acids is 4. The smallest absolute Gasteiger partial charge is 0.462 e. The molecule has 0 amide bonds. The molecule has 3 unspecified atom stereocenters. The zero-order valence-corrected chi connectivity index (χ0v) is 62.9. The molecule has 0 rings (SSSR count). The van der Waals surface area contributed by atoms with E-state index in [9.17, 15) is 43.2 Å². The topological polar surface area (TPSA) is 237 Å². The van der Waals surface area contributed by atoms with Crippen molar-refractivity contribution in [1.29, 1.82) is 0 Å². The zero-order chi connectivity index (χ0) is 69.1. The summed E-state index contributed by atoms with van der Waals surface area (Å²) >= 11 is 0. The number of carbonyl (C=O) groups is 4. The molecule has 0 aliphatic rings. The maximum absolute atomic E-state index is 13.1. The lowest BCUT2D eigenvalue weighted by atomic mass is 10.00. The number of phosphoric acid groups is 2. The van der Waals surface area contributed by atoms with Crippen molar-refractivity contribution >= 4 is 39.5 Å².